The maximum atomic E-state index is 13.0. The highest BCUT2D eigenvalue weighted by Gasteiger charge is 2.45. The van der Waals surface area contributed by atoms with E-state index in [1.807, 2.05) is 41.3 Å². The molecule has 1 amide bonds. The Morgan fingerprint density at radius 2 is 1.64 bits per heavy atom. The van der Waals surface area contributed by atoms with E-state index in [1.54, 1.807) is 0 Å². The molecule has 0 aliphatic carbocycles. The molecule has 2 atom stereocenters. The van der Waals surface area contributed by atoms with Gasteiger partial charge in [-0.2, -0.15) is 0 Å². The standard InChI is InChI=1S/C20H23NO/c1-3-20(17-10-6-4-7-11-17)14-15-21(19(22)16(20)2)18-12-8-5-9-13-18/h4-13,16H,3,14-15H2,1-2H3. The first kappa shape index (κ1) is 14.8. The number of hydrogen-bond acceptors (Lipinski definition) is 1. The second-order valence-electron chi connectivity index (χ2n) is 6.17. The monoisotopic (exact) mass is 293 g/mol. The van der Waals surface area contributed by atoms with Crippen molar-refractivity contribution in [2.75, 3.05) is 11.4 Å². The second kappa shape index (κ2) is 5.96. The number of hydrogen-bond donors (Lipinski definition) is 0. The summed E-state index contributed by atoms with van der Waals surface area (Å²) in [5, 5.41) is 0. The smallest absolute Gasteiger partial charge is 0.230 e. The van der Waals surface area contributed by atoms with Gasteiger partial charge in [-0.3, -0.25) is 4.79 Å². The van der Waals surface area contributed by atoms with Crippen LogP contribution in [0.4, 0.5) is 5.69 Å². The van der Waals surface area contributed by atoms with Crippen molar-refractivity contribution in [3.8, 4) is 0 Å². The van der Waals surface area contributed by atoms with Crippen LogP contribution in [0.1, 0.15) is 32.3 Å². The van der Waals surface area contributed by atoms with Gasteiger partial charge in [-0.05, 0) is 30.5 Å². The molecule has 2 heteroatoms. The summed E-state index contributed by atoms with van der Waals surface area (Å²) in [6.07, 6.45) is 2.00. The Hall–Kier alpha value is -2.09. The van der Waals surface area contributed by atoms with Crippen LogP contribution in [0.15, 0.2) is 60.7 Å². The number of carbonyl (C=O) groups is 1. The summed E-state index contributed by atoms with van der Waals surface area (Å²) in [7, 11) is 0. The van der Waals surface area contributed by atoms with E-state index in [9.17, 15) is 4.79 Å². The van der Waals surface area contributed by atoms with Gasteiger partial charge < -0.3 is 4.90 Å². The lowest BCUT2D eigenvalue weighted by Gasteiger charge is -2.46. The molecule has 0 aromatic heterocycles. The molecule has 0 N–H and O–H groups in total. The first-order valence-electron chi connectivity index (χ1n) is 8.11. The maximum absolute atomic E-state index is 13.0. The number of carbonyl (C=O) groups excluding carboxylic acids is 1. The van der Waals surface area contributed by atoms with Crippen molar-refractivity contribution in [2.24, 2.45) is 5.92 Å². The molecule has 0 radical (unpaired) electrons. The average molecular weight is 293 g/mol. The number of rotatable bonds is 3. The molecular formula is C20H23NO. The Balaban J connectivity index is 1.94. The Bertz CT molecular complexity index is 637. The predicted octanol–water partition coefficient (Wildman–Crippen LogP) is 4.41. The van der Waals surface area contributed by atoms with E-state index in [2.05, 4.69) is 38.1 Å². The number of anilines is 1. The van der Waals surface area contributed by atoms with E-state index in [0.717, 1.165) is 25.1 Å². The van der Waals surface area contributed by atoms with E-state index in [1.165, 1.54) is 5.56 Å². The van der Waals surface area contributed by atoms with Crippen molar-refractivity contribution < 1.29 is 4.79 Å². The molecule has 1 aliphatic heterocycles. The van der Waals surface area contributed by atoms with Gasteiger partial charge in [0.25, 0.3) is 0 Å². The number of para-hydroxylation sites is 1. The molecule has 2 unspecified atom stereocenters. The van der Waals surface area contributed by atoms with Crippen LogP contribution < -0.4 is 4.90 Å². The minimum atomic E-state index is -0.0381. The fraction of sp³-hybridized carbons (Fsp3) is 0.350. The van der Waals surface area contributed by atoms with Crippen LogP contribution in [0, 0.1) is 5.92 Å². The van der Waals surface area contributed by atoms with Gasteiger partial charge in [0.2, 0.25) is 5.91 Å². The normalized spacial score (nSPS) is 25.3. The van der Waals surface area contributed by atoms with Gasteiger partial charge in [-0.1, -0.05) is 62.4 Å². The first-order valence-corrected chi connectivity index (χ1v) is 8.11. The maximum Gasteiger partial charge on any atom is 0.230 e. The summed E-state index contributed by atoms with van der Waals surface area (Å²) in [4.78, 5) is 14.9. The van der Waals surface area contributed by atoms with Gasteiger partial charge in [0, 0.05) is 23.6 Å². The lowest BCUT2D eigenvalue weighted by atomic mass is 9.64. The number of nitrogens with zero attached hydrogens (tertiary/aromatic N) is 1. The predicted molar refractivity (Wildman–Crippen MR) is 91.0 cm³/mol. The third-order valence-corrected chi connectivity index (χ3v) is 5.29. The van der Waals surface area contributed by atoms with Crippen molar-refractivity contribution in [3.05, 3.63) is 66.2 Å². The molecule has 0 saturated carbocycles. The van der Waals surface area contributed by atoms with Crippen LogP contribution in [-0.4, -0.2) is 12.5 Å². The zero-order valence-electron chi connectivity index (χ0n) is 13.3. The fourth-order valence-electron chi connectivity index (χ4n) is 3.82. The number of amides is 1. The third-order valence-electron chi connectivity index (χ3n) is 5.29. The highest BCUT2D eigenvalue weighted by atomic mass is 16.2. The zero-order chi connectivity index (χ0) is 15.6. The van der Waals surface area contributed by atoms with Crippen molar-refractivity contribution >= 4 is 11.6 Å². The van der Waals surface area contributed by atoms with E-state index in [0.29, 0.717) is 0 Å². The summed E-state index contributed by atoms with van der Waals surface area (Å²) in [6.45, 7) is 5.08. The van der Waals surface area contributed by atoms with Crippen LogP contribution in [0.3, 0.4) is 0 Å². The highest BCUT2D eigenvalue weighted by Crippen LogP contribution is 2.43. The molecule has 1 fully saturated rings. The molecule has 2 aromatic carbocycles. The molecule has 2 aromatic rings. The molecule has 1 aliphatic rings. The summed E-state index contributed by atoms with van der Waals surface area (Å²) >= 11 is 0. The average Bonchev–Trinajstić information content (AvgIpc) is 2.59. The summed E-state index contributed by atoms with van der Waals surface area (Å²) < 4.78 is 0. The zero-order valence-corrected chi connectivity index (χ0v) is 13.3. The Morgan fingerprint density at radius 1 is 1.05 bits per heavy atom. The van der Waals surface area contributed by atoms with Gasteiger partial charge >= 0.3 is 0 Å². The minimum absolute atomic E-state index is 0.00569. The van der Waals surface area contributed by atoms with Crippen LogP contribution in [-0.2, 0) is 10.2 Å². The Labute approximate surface area is 132 Å². The van der Waals surface area contributed by atoms with Gasteiger partial charge in [-0.15, -0.1) is 0 Å². The quantitative estimate of drug-likeness (QED) is 0.821. The Kier molecular flexibility index (Phi) is 4.02. The van der Waals surface area contributed by atoms with Crippen molar-refractivity contribution in [2.45, 2.75) is 32.1 Å². The lowest BCUT2D eigenvalue weighted by molar-refractivity contribution is -0.126. The van der Waals surface area contributed by atoms with Crippen LogP contribution in [0.25, 0.3) is 0 Å². The van der Waals surface area contributed by atoms with Crippen molar-refractivity contribution in [1.29, 1.82) is 0 Å². The highest BCUT2D eigenvalue weighted by molar-refractivity contribution is 5.96. The second-order valence-corrected chi connectivity index (χ2v) is 6.17. The SMILES string of the molecule is CCC1(c2ccccc2)CCN(c2ccccc2)C(=O)C1C. The van der Waals surface area contributed by atoms with Crippen LogP contribution >= 0.6 is 0 Å². The van der Waals surface area contributed by atoms with Crippen molar-refractivity contribution in [3.63, 3.8) is 0 Å². The van der Waals surface area contributed by atoms with E-state index >= 15 is 0 Å². The van der Waals surface area contributed by atoms with E-state index in [4.69, 9.17) is 0 Å². The fourth-order valence-corrected chi connectivity index (χ4v) is 3.82. The van der Waals surface area contributed by atoms with E-state index in [-0.39, 0.29) is 17.2 Å². The van der Waals surface area contributed by atoms with Gasteiger partial charge in [-0.25, -0.2) is 0 Å². The summed E-state index contributed by atoms with van der Waals surface area (Å²) in [6, 6.07) is 20.6. The number of benzene rings is 2. The van der Waals surface area contributed by atoms with Crippen LogP contribution in [0.2, 0.25) is 0 Å². The Morgan fingerprint density at radius 3 is 2.23 bits per heavy atom. The van der Waals surface area contributed by atoms with Gasteiger partial charge in [0.1, 0.15) is 0 Å². The molecule has 114 valence electrons. The third kappa shape index (κ3) is 2.33. The molecule has 1 heterocycles. The largest absolute Gasteiger partial charge is 0.312 e. The van der Waals surface area contributed by atoms with Crippen LogP contribution in [0.5, 0.6) is 0 Å². The summed E-state index contributed by atoms with van der Waals surface area (Å²) in [5.41, 5.74) is 2.27. The lowest BCUT2D eigenvalue weighted by Crippen LogP contribution is -2.52. The van der Waals surface area contributed by atoms with E-state index < -0.39 is 0 Å². The molecule has 3 rings (SSSR count). The molecule has 22 heavy (non-hydrogen) atoms. The first-order chi connectivity index (χ1) is 10.7. The molecule has 1 saturated heterocycles. The molecule has 2 nitrogen and oxygen atoms in total. The summed E-state index contributed by atoms with van der Waals surface area (Å²) in [5.74, 6) is 0.233. The van der Waals surface area contributed by atoms with Gasteiger partial charge in [0.15, 0.2) is 0 Å². The topological polar surface area (TPSA) is 20.3 Å². The van der Waals surface area contributed by atoms with Gasteiger partial charge in [0.05, 0.1) is 0 Å². The minimum Gasteiger partial charge on any atom is -0.312 e. The molecule has 0 spiro atoms. The molecular weight excluding hydrogens is 270 g/mol. The van der Waals surface area contributed by atoms with Crippen molar-refractivity contribution in [1.82, 2.24) is 0 Å². The molecule has 0 bridgehead atoms. The number of piperidine rings is 1.